The van der Waals surface area contributed by atoms with Gasteiger partial charge in [0.2, 0.25) is 10.0 Å². The molecule has 0 bridgehead atoms. The van der Waals surface area contributed by atoms with Crippen LogP contribution in [0.15, 0.2) is 34.1 Å². The van der Waals surface area contributed by atoms with E-state index in [-0.39, 0.29) is 6.42 Å². The summed E-state index contributed by atoms with van der Waals surface area (Å²) in [4.78, 5) is -3.18. The highest BCUT2D eigenvalue weighted by molar-refractivity contribution is 7.91. The maximum absolute atomic E-state index is 14.9. The molecule has 1 aromatic carbocycles. The minimum absolute atomic E-state index is 0.249. The number of benzene rings is 1. The quantitative estimate of drug-likeness (QED) is 0.456. The van der Waals surface area contributed by atoms with E-state index in [2.05, 4.69) is 5.32 Å². The predicted octanol–water partition coefficient (Wildman–Crippen LogP) is 1.59. The van der Waals surface area contributed by atoms with Gasteiger partial charge in [-0.25, -0.2) is 35.1 Å². The van der Waals surface area contributed by atoms with Gasteiger partial charge in [-0.2, -0.15) is 0 Å². The topological polar surface area (TPSA) is 127 Å². The number of allylic oxidation sites excluding steroid dienone is 2. The molecule has 0 saturated heterocycles. The van der Waals surface area contributed by atoms with Gasteiger partial charge in [-0.1, -0.05) is 24.3 Å². The first-order valence-corrected chi connectivity index (χ1v) is 11.4. The zero-order valence-corrected chi connectivity index (χ0v) is 16.2. The van der Waals surface area contributed by atoms with Crippen LogP contribution in [0.25, 0.3) is 0 Å². The first-order chi connectivity index (χ1) is 13.0. The standard InChI is InChI=1S/C16H19F3N2O5S2/c17-11-12(18)16(27(23,24)9-8-22)14(13(19)15(11)28(20,25)26)21-10-6-4-2-1-3-5-7-10/h2,4-5,7,10,21-22H,1,3,6,8-9H2,(H2,20,25,26)/b4-2+,7-5-/t10-/m1/s1. The summed E-state index contributed by atoms with van der Waals surface area (Å²) in [5, 5.41) is 16.1. The van der Waals surface area contributed by atoms with Crippen molar-refractivity contribution in [3.63, 3.8) is 0 Å². The monoisotopic (exact) mass is 440 g/mol. The maximum Gasteiger partial charge on any atom is 0.244 e. The molecular weight excluding hydrogens is 421 g/mol. The SMILES string of the molecule is NS(=O)(=O)c1c(F)c(F)c(S(=O)(=O)CCO)c(N[C@H]2/C=C\CC/C=C/C2)c1F. The Morgan fingerprint density at radius 3 is 2.21 bits per heavy atom. The molecule has 156 valence electrons. The molecule has 7 nitrogen and oxygen atoms in total. The molecular formula is C16H19F3N2O5S2. The molecule has 12 heteroatoms. The summed E-state index contributed by atoms with van der Waals surface area (Å²) < 4.78 is 91.4. The smallest absolute Gasteiger partial charge is 0.244 e. The van der Waals surface area contributed by atoms with Gasteiger partial charge in [0.1, 0.15) is 4.90 Å². The lowest BCUT2D eigenvalue weighted by Gasteiger charge is -2.21. The zero-order valence-electron chi connectivity index (χ0n) is 14.5. The Labute approximate surface area is 160 Å². The van der Waals surface area contributed by atoms with E-state index in [0.717, 1.165) is 6.42 Å². The van der Waals surface area contributed by atoms with Gasteiger partial charge in [-0.15, -0.1) is 0 Å². The van der Waals surface area contributed by atoms with Crippen LogP contribution in [-0.4, -0.2) is 40.3 Å². The van der Waals surface area contributed by atoms with Gasteiger partial charge in [0.15, 0.2) is 32.2 Å². The van der Waals surface area contributed by atoms with Gasteiger partial charge in [-0.05, 0) is 19.3 Å². The number of primary sulfonamides is 1. The molecule has 0 amide bonds. The van der Waals surface area contributed by atoms with Crippen molar-refractivity contribution in [3.8, 4) is 0 Å². The van der Waals surface area contributed by atoms with Crippen molar-refractivity contribution in [2.45, 2.75) is 35.1 Å². The molecule has 0 unspecified atom stereocenters. The minimum atomic E-state index is -5.04. The molecule has 0 fully saturated rings. The second-order valence-corrected chi connectivity index (χ2v) is 9.57. The van der Waals surface area contributed by atoms with Crippen LogP contribution in [0.5, 0.6) is 0 Å². The van der Waals surface area contributed by atoms with Crippen LogP contribution in [0.1, 0.15) is 19.3 Å². The second kappa shape index (κ2) is 8.64. The largest absolute Gasteiger partial charge is 0.395 e. The Morgan fingerprint density at radius 1 is 1.00 bits per heavy atom. The van der Waals surface area contributed by atoms with E-state index in [1.165, 1.54) is 0 Å². The summed E-state index contributed by atoms with van der Waals surface area (Å²) >= 11 is 0. The van der Waals surface area contributed by atoms with E-state index < -0.39 is 71.2 Å². The number of hydrogen-bond acceptors (Lipinski definition) is 6. The number of hydrogen-bond donors (Lipinski definition) is 3. The summed E-state index contributed by atoms with van der Waals surface area (Å²) in [5.74, 6) is -7.20. The van der Waals surface area contributed by atoms with Gasteiger partial charge in [0.05, 0.1) is 18.0 Å². The van der Waals surface area contributed by atoms with Crippen molar-refractivity contribution < 1.29 is 35.1 Å². The number of sulfonamides is 1. The van der Waals surface area contributed by atoms with E-state index in [4.69, 9.17) is 10.2 Å². The summed E-state index contributed by atoms with van der Waals surface area (Å²) in [6, 6.07) is -0.729. The predicted molar refractivity (Wildman–Crippen MR) is 96.4 cm³/mol. The van der Waals surface area contributed by atoms with Gasteiger partial charge >= 0.3 is 0 Å². The Bertz CT molecular complexity index is 1020. The molecule has 1 atom stereocenters. The fraction of sp³-hybridized carbons (Fsp3) is 0.375. The highest BCUT2D eigenvalue weighted by Crippen LogP contribution is 2.36. The van der Waals surface area contributed by atoms with Crippen molar-refractivity contribution in [3.05, 3.63) is 41.8 Å². The summed E-state index contributed by atoms with van der Waals surface area (Å²) in [6.45, 7) is -0.937. The molecule has 0 spiro atoms. The molecule has 2 rings (SSSR count). The molecule has 1 aliphatic rings. The lowest BCUT2D eigenvalue weighted by atomic mass is 10.1. The molecule has 0 aliphatic heterocycles. The Kier molecular flexibility index (Phi) is 6.91. The summed E-state index contributed by atoms with van der Waals surface area (Å²) in [6.07, 6.45) is 8.51. The number of anilines is 1. The summed E-state index contributed by atoms with van der Waals surface area (Å²) in [5.41, 5.74) is -1.06. The molecule has 0 heterocycles. The fourth-order valence-corrected chi connectivity index (χ4v) is 4.65. The van der Waals surface area contributed by atoms with E-state index in [1.807, 2.05) is 6.08 Å². The van der Waals surface area contributed by atoms with Crippen molar-refractivity contribution in [2.24, 2.45) is 5.14 Å². The van der Waals surface area contributed by atoms with E-state index in [1.54, 1.807) is 18.2 Å². The van der Waals surface area contributed by atoms with Gasteiger partial charge in [0, 0.05) is 6.04 Å². The Hall–Kier alpha value is -1.89. The molecule has 4 N–H and O–H groups in total. The third kappa shape index (κ3) is 4.74. The Balaban J connectivity index is 2.77. The van der Waals surface area contributed by atoms with Gasteiger partial charge in [0.25, 0.3) is 0 Å². The van der Waals surface area contributed by atoms with Crippen molar-refractivity contribution in [2.75, 3.05) is 17.7 Å². The van der Waals surface area contributed by atoms with E-state index >= 15 is 0 Å². The van der Waals surface area contributed by atoms with E-state index in [0.29, 0.717) is 6.42 Å². The number of nitrogens with one attached hydrogen (secondary N) is 1. The first kappa shape index (κ1) is 22.4. The van der Waals surface area contributed by atoms with Crippen LogP contribution in [0.4, 0.5) is 18.9 Å². The lowest BCUT2D eigenvalue weighted by Crippen LogP contribution is -2.26. The number of sulfone groups is 1. The molecule has 0 radical (unpaired) electrons. The number of aliphatic hydroxyl groups excluding tert-OH is 1. The molecule has 0 aromatic heterocycles. The number of halogens is 3. The lowest BCUT2D eigenvalue weighted by molar-refractivity contribution is 0.319. The third-order valence-corrected chi connectivity index (χ3v) is 6.60. The Morgan fingerprint density at radius 2 is 1.61 bits per heavy atom. The fourth-order valence-electron chi connectivity index (χ4n) is 2.70. The number of nitrogens with two attached hydrogens (primary N) is 1. The van der Waals surface area contributed by atoms with Gasteiger partial charge in [-0.3, -0.25) is 0 Å². The normalized spacial score (nSPS) is 20.2. The second-order valence-electron chi connectivity index (χ2n) is 6.03. The molecule has 0 saturated carbocycles. The summed E-state index contributed by atoms with van der Waals surface area (Å²) in [7, 11) is -9.74. The zero-order chi connectivity index (χ0) is 21.1. The van der Waals surface area contributed by atoms with Crippen LogP contribution in [0, 0.1) is 17.5 Å². The molecule has 1 aliphatic carbocycles. The molecule has 1 aromatic rings. The first-order valence-electron chi connectivity index (χ1n) is 8.15. The van der Waals surface area contributed by atoms with Crippen molar-refractivity contribution >= 4 is 25.5 Å². The highest BCUT2D eigenvalue weighted by Gasteiger charge is 2.36. The minimum Gasteiger partial charge on any atom is -0.395 e. The van der Waals surface area contributed by atoms with Crippen LogP contribution in [-0.2, 0) is 19.9 Å². The number of rotatable bonds is 6. The van der Waals surface area contributed by atoms with Gasteiger partial charge < -0.3 is 10.4 Å². The number of aliphatic hydroxyl groups is 1. The van der Waals surface area contributed by atoms with Crippen LogP contribution in [0.2, 0.25) is 0 Å². The average Bonchev–Trinajstić information content (AvgIpc) is 2.53. The van der Waals surface area contributed by atoms with Crippen molar-refractivity contribution in [1.29, 1.82) is 0 Å². The van der Waals surface area contributed by atoms with Crippen LogP contribution < -0.4 is 10.5 Å². The molecule has 28 heavy (non-hydrogen) atoms. The van der Waals surface area contributed by atoms with Crippen LogP contribution >= 0.6 is 0 Å². The maximum atomic E-state index is 14.9. The average molecular weight is 440 g/mol. The van der Waals surface area contributed by atoms with E-state index in [9.17, 15) is 30.0 Å². The van der Waals surface area contributed by atoms with Crippen LogP contribution in [0.3, 0.4) is 0 Å². The highest BCUT2D eigenvalue weighted by atomic mass is 32.2. The van der Waals surface area contributed by atoms with Crippen molar-refractivity contribution in [1.82, 2.24) is 0 Å². The third-order valence-electron chi connectivity index (χ3n) is 3.95.